The van der Waals surface area contributed by atoms with Crippen LogP contribution in [0.2, 0.25) is 0 Å². The van der Waals surface area contributed by atoms with Gasteiger partial charge in [0, 0.05) is 18.2 Å². The topological polar surface area (TPSA) is 78.5 Å². The molecule has 1 aromatic rings. The van der Waals surface area contributed by atoms with Crippen molar-refractivity contribution in [1.82, 2.24) is 14.9 Å². The third kappa shape index (κ3) is 6.90. The second-order valence-electron chi connectivity index (χ2n) is 7.59. The van der Waals surface area contributed by atoms with Crippen LogP contribution in [0.1, 0.15) is 56.8 Å². The first-order valence-corrected chi connectivity index (χ1v) is 11.4. The summed E-state index contributed by atoms with van der Waals surface area (Å²) in [6.45, 7) is 9.97. The predicted octanol–water partition coefficient (Wildman–Crippen LogP) is 2.62. The molecule has 0 radical (unpaired) electrons. The standard InChI is InChI=1S/C20H33N3O3S/c1-4-17(3)22-27(25,26)19-8-6-18(7-9-19)20(24)21-12-5-13-23-14-10-16(2)11-15-23/h6-9,16-17,22H,4-5,10-15H2,1-3H3,(H,21,24). The number of sulfonamides is 1. The highest BCUT2D eigenvalue weighted by Crippen LogP contribution is 2.16. The normalized spacial score (nSPS) is 17.6. The molecule has 1 aliphatic rings. The van der Waals surface area contributed by atoms with Gasteiger partial charge in [-0.2, -0.15) is 0 Å². The highest BCUT2D eigenvalue weighted by atomic mass is 32.2. The van der Waals surface area contributed by atoms with E-state index in [1.807, 2.05) is 13.8 Å². The van der Waals surface area contributed by atoms with Crippen molar-refractivity contribution in [1.29, 1.82) is 0 Å². The van der Waals surface area contributed by atoms with Crippen molar-refractivity contribution in [3.05, 3.63) is 29.8 Å². The second-order valence-corrected chi connectivity index (χ2v) is 9.30. The number of hydrogen-bond acceptors (Lipinski definition) is 4. The van der Waals surface area contributed by atoms with E-state index in [1.54, 1.807) is 12.1 Å². The fourth-order valence-electron chi connectivity index (χ4n) is 3.09. The Balaban J connectivity index is 1.78. The van der Waals surface area contributed by atoms with E-state index in [9.17, 15) is 13.2 Å². The molecule has 1 saturated heterocycles. The molecule has 1 unspecified atom stereocenters. The first-order chi connectivity index (χ1) is 12.8. The Morgan fingerprint density at radius 3 is 2.44 bits per heavy atom. The van der Waals surface area contributed by atoms with Gasteiger partial charge in [0.05, 0.1) is 4.90 Å². The van der Waals surface area contributed by atoms with Crippen LogP contribution in [-0.4, -0.2) is 51.4 Å². The summed E-state index contributed by atoms with van der Waals surface area (Å²) in [6.07, 6.45) is 4.16. The summed E-state index contributed by atoms with van der Waals surface area (Å²) < 4.78 is 27.1. The molecule has 1 fully saturated rings. The van der Waals surface area contributed by atoms with Gasteiger partial charge in [-0.1, -0.05) is 13.8 Å². The molecule has 0 aliphatic carbocycles. The fraction of sp³-hybridized carbons (Fsp3) is 0.650. The van der Waals surface area contributed by atoms with E-state index >= 15 is 0 Å². The van der Waals surface area contributed by atoms with E-state index in [2.05, 4.69) is 21.9 Å². The monoisotopic (exact) mass is 395 g/mol. The van der Waals surface area contributed by atoms with Crippen molar-refractivity contribution in [3.8, 4) is 0 Å². The van der Waals surface area contributed by atoms with Crippen molar-refractivity contribution in [2.75, 3.05) is 26.2 Å². The minimum atomic E-state index is -3.54. The zero-order chi connectivity index (χ0) is 19.9. The van der Waals surface area contributed by atoms with Crippen LogP contribution >= 0.6 is 0 Å². The van der Waals surface area contributed by atoms with Gasteiger partial charge in [-0.25, -0.2) is 13.1 Å². The van der Waals surface area contributed by atoms with Gasteiger partial charge in [0.15, 0.2) is 0 Å². The van der Waals surface area contributed by atoms with E-state index < -0.39 is 10.0 Å². The Hall–Kier alpha value is -1.44. The molecular formula is C20H33N3O3S. The van der Waals surface area contributed by atoms with E-state index in [-0.39, 0.29) is 16.8 Å². The Morgan fingerprint density at radius 2 is 1.85 bits per heavy atom. The Morgan fingerprint density at radius 1 is 1.22 bits per heavy atom. The summed E-state index contributed by atoms with van der Waals surface area (Å²) in [7, 11) is -3.54. The Kier molecular flexibility index (Phi) is 8.26. The number of amides is 1. The molecule has 0 saturated carbocycles. The fourth-order valence-corrected chi connectivity index (χ4v) is 4.42. The maximum atomic E-state index is 12.2. The van der Waals surface area contributed by atoms with Crippen molar-refractivity contribution >= 4 is 15.9 Å². The lowest BCUT2D eigenvalue weighted by Gasteiger charge is -2.30. The van der Waals surface area contributed by atoms with Crippen LogP contribution in [0.25, 0.3) is 0 Å². The van der Waals surface area contributed by atoms with Gasteiger partial charge in [-0.05, 0) is 82.4 Å². The SMILES string of the molecule is CCC(C)NS(=O)(=O)c1ccc(C(=O)NCCCN2CCC(C)CC2)cc1. The van der Waals surface area contributed by atoms with Gasteiger partial charge >= 0.3 is 0 Å². The first kappa shape index (κ1) is 21.9. The number of rotatable bonds is 9. The summed E-state index contributed by atoms with van der Waals surface area (Å²) in [6, 6.07) is 5.96. The van der Waals surface area contributed by atoms with Gasteiger partial charge in [-0.15, -0.1) is 0 Å². The molecule has 1 aliphatic heterocycles. The number of likely N-dealkylation sites (tertiary alicyclic amines) is 1. The second kappa shape index (κ2) is 10.2. The number of carbonyl (C=O) groups excluding carboxylic acids is 1. The van der Waals surface area contributed by atoms with Crippen LogP contribution in [0.15, 0.2) is 29.2 Å². The third-order valence-corrected chi connectivity index (χ3v) is 6.81. The van der Waals surface area contributed by atoms with E-state index in [4.69, 9.17) is 0 Å². The van der Waals surface area contributed by atoms with Crippen LogP contribution in [0.3, 0.4) is 0 Å². The van der Waals surface area contributed by atoms with Crippen LogP contribution < -0.4 is 10.0 Å². The predicted molar refractivity (Wildman–Crippen MR) is 108 cm³/mol. The molecule has 1 atom stereocenters. The minimum absolute atomic E-state index is 0.124. The molecule has 6 nitrogen and oxygen atoms in total. The molecule has 1 amide bonds. The van der Waals surface area contributed by atoms with E-state index in [0.717, 1.165) is 38.4 Å². The van der Waals surface area contributed by atoms with Crippen LogP contribution in [0, 0.1) is 5.92 Å². The van der Waals surface area contributed by atoms with Gasteiger partial charge in [0.25, 0.3) is 5.91 Å². The van der Waals surface area contributed by atoms with Gasteiger partial charge in [0.2, 0.25) is 10.0 Å². The number of nitrogens with zero attached hydrogens (tertiary/aromatic N) is 1. The number of benzene rings is 1. The molecule has 2 rings (SSSR count). The molecule has 0 aromatic heterocycles. The quantitative estimate of drug-likeness (QED) is 0.630. The molecule has 1 heterocycles. The van der Waals surface area contributed by atoms with E-state index in [1.165, 1.54) is 25.0 Å². The molecule has 0 bridgehead atoms. The summed E-state index contributed by atoms with van der Waals surface area (Å²) >= 11 is 0. The van der Waals surface area contributed by atoms with Gasteiger partial charge < -0.3 is 10.2 Å². The average molecular weight is 396 g/mol. The maximum absolute atomic E-state index is 12.2. The van der Waals surface area contributed by atoms with Crippen LogP contribution in [-0.2, 0) is 10.0 Å². The van der Waals surface area contributed by atoms with Crippen molar-refractivity contribution in [2.45, 2.75) is 57.4 Å². The molecule has 0 spiro atoms. The summed E-state index contributed by atoms with van der Waals surface area (Å²) in [5, 5.41) is 2.92. The van der Waals surface area contributed by atoms with Crippen molar-refractivity contribution < 1.29 is 13.2 Å². The smallest absolute Gasteiger partial charge is 0.251 e. The minimum Gasteiger partial charge on any atom is -0.352 e. The molecule has 152 valence electrons. The number of hydrogen-bond donors (Lipinski definition) is 2. The van der Waals surface area contributed by atoms with Crippen LogP contribution in [0.4, 0.5) is 0 Å². The van der Waals surface area contributed by atoms with Crippen LogP contribution in [0.5, 0.6) is 0 Å². The lowest BCUT2D eigenvalue weighted by atomic mass is 9.99. The zero-order valence-electron chi connectivity index (χ0n) is 16.7. The van der Waals surface area contributed by atoms with E-state index in [0.29, 0.717) is 12.1 Å². The summed E-state index contributed by atoms with van der Waals surface area (Å²) in [4.78, 5) is 14.9. The van der Waals surface area contributed by atoms with Crippen molar-refractivity contribution in [2.24, 2.45) is 5.92 Å². The molecular weight excluding hydrogens is 362 g/mol. The lowest BCUT2D eigenvalue weighted by Crippen LogP contribution is -2.35. The number of piperidine rings is 1. The molecule has 27 heavy (non-hydrogen) atoms. The highest BCUT2D eigenvalue weighted by Gasteiger charge is 2.17. The number of carbonyl (C=O) groups is 1. The summed E-state index contributed by atoms with van der Waals surface area (Å²) in [5.41, 5.74) is 0.476. The first-order valence-electron chi connectivity index (χ1n) is 9.94. The Labute approximate surface area is 163 Å². The van der Waals surface area contributed by atoms with Gasteiger partial charge in [0.1, 0.15) is 0 Å². The number of nitrogens with one attached hydrogen (secondary N) is 2. The average Bonchev–Trinajstić information content (AvgIpc) is 2.66. The zero-order valence-corrected chi connectivity index (χ0v) is 17.5. The molecule has 2 N–H and O–H groups in total. The Bertz CT molecular complexity index is 696. The van der Waals surface area contributed by atoms with Gasteiger partial charge in [-0.3, -0.25) is 4.79 Å². The molecule has 1 aromatic carbocycles. The lowest BCUT2D eigenvalue weighted by molar-refractivity contribution is 0.0950. The summed E-state index contributed by atoms with van der Waals surface area (Å²) in [5.74, 6) is 0.661. The maximum Gasteiger partial charge on any atom is 0.251 e. The third-order valence-electron chi connectivity index (χ3n) is 5.21. The largest absolute Gasteiger partial charge is 0.352 e. The highest BCUT2D eigenvalue weighted by molar-refractivity contribution is 7.89. The van der Waals surface area contributed by atoms with Crippen molar-refractivity contribution in [3.63, 3.8) is 0 Å². The molecule has 7 heteroatoms.